The zero-order valence-electron chi connectivity index (χ0n) is 12.4. The molecule has 2 N–H and O–H groups in total. The lowest BCUT2D eigenvalue weighted by molar-refractivity contribution is 0.342. The van der Waals surface area contributed by atoms with Crippen molar-refractivity contribution in [2.75, 3.05) is 31.3 Å². The highest BCUT2D eigenvalue weighted by Gasteiger charge is 2.40. The summed E-state index contributed by atoms with van der Waals surface area (Å²) in [6.07, 6.45) is 6.06. The van der Waals surface area contributed by atoms with Crippen LogP contribution < -0.4 is 10.6 Å². The van der Waals surface area contributed by atoms with Crippen LogP contribution in [0.15, 0.2) is 4.90 Å². The predicted octanol–water partition coefficient (Wildman–Crippen LogP) is 1.74. The van der Waals surface area contributed by atoms with Crippen LogP contribution in [0.5, 0.6) is 0 Å². The zero-order chi connectivity index (χ0) is 15.2. The summed E-state index contributed by atoms with van der Waals surface area (Å²) in [5, 5.41) is 0.732. The molecule has 3 rings (SSSR count). The number of rotatable bonds is 3. The third kappa shape index (κ3) is 2.43. The van der Waals surface area contributed by atoms with E-state index in [-0.39, 0.29) is 10.7 Å². The third-order valence-corrected chi connectivity index (χ3v) is 7.58. The van der Waals surface area contributed by atoms with Crippen molar-refractivity contribution >= 4 is 32.4 Å². The van der Waals surface area contributed by atoms with Crippen LogP contribution in [-0.4, -0.2) is 43.8 Å². The van der Waals surface area contributed by atoms with Crippen molar-refractivity contribution in [3.63, 3.8) is 0 Å². The molecule has 21 heavy (non-hydrogen) atoms. The second kappa shape index (κ2) is 5.40. The summed E-state index contributed by atoms with van der Waals surface area (Å²) in [7, 11) is -0.493. The Bertz CT molecular complexity index is 626. The van der Waals surface area contributed by atoms with Crippen LogP contribution in [0.3, 0.4) is 0 Å². The molecule has 2 heterocycles. The number of hydrogen-bond donors (Lipinski definition) is 1. The molecule has 1 saturated carbocycles. The quantitative estimate of drug-likeness (QED) is 0.913. The number of sulfonamides is 1. The molecule has 0 spiro atoms. The maximum absolute atomic E-state index is 12.5. The van der Waals surface area contributed by atoms with Crippen LogP contribution in [0, 0.1) is 5.92 Å². The van der Waals surface area contributed by atoms with Gasteiger partial charge in [0.1, 0.15) is 5.00 Å². The molecule has 2 fully saturated rings. The summed E-state index contributed by atoms with van der Waals surface area (Å²) >= 11 is 1.22. The normalized spacial score (nSPS) is 26.3. The summed E-state index contributed by atoms with van der Waals surface area (Å²) in [5.74, 6) is 0.819. The van der Waals surface area contributed by atoms with E-state index < -0.39 is 10.0 Å². The largest absolute Gasteiger partial charge is 0.382 e. The molecule has 1 aliphatic heterocycles. The molecule has 0 amide bonds. The number of hydrogen-bond acceptors (Lipinski definition) is 6. The van der Waals surface area contributed by atoms with E-state index in [0.717, 1.165) is 24.4 Å². The van der Waals surface area contributed by atoms with Crippen LogP contribution in [0.25, 0.3) is 0 Å². The van der Waals surface area contributed by atoms with Crippen LogP contribution in [0.1, 0.15) is 32.1 Å². The van der Waals surface area contributed by atoms with Gasteiger partial charge in [-0.3, -0.25) is 0 Å². The number of anilines is 2. The Morgan fingerprint density at radius 1 is 1.29 bits per heavy atom. The molecule has 1 aliphatic carbocycles. The lowest BCUT2D eigenvalue weighted by Crippen LogP contribution is -2.35. The van der Waals surface area contributed by atoms with Gasteiger partial charge < -0.3 is 10.6 Å². The van der Waals surface area contributed by atoms with E-state index in [9.17, 15) is 8.42 Å². The molecule has 0 bridgehead atoms. The van der Waals surface area contributed by atoms with Gasteiger partial charge in [0.2, 0.25) is 10.0 Å². The van der Waals surface area contributed by atoms with Crippen molar-refractivity contribution in [2.24, 2.45) is 5.92 Å². The Kier molecular flexibility index (Phi) is 3.87. The fourth-order valence-electron chi connectivity index (χ4n) is 3.55. The number of fused-ring (bicyclic) bond motifs is 1. The van der Waals surface area contributed by atoms with Gasteiger partial charge in [-0.05, 0) is 36.7 Å². The number of aromatic nitrogens is 1. The third-order valence-electron chi connectivity index (χ3n) is 4.67. The van der Waals surface area contributed by atoms with Gasteiger partial charge in [-0.25, -0.2) is 12.7 Å². The maximum Gasteiger partial charge on any atom is 0.249 e. The summed E-state index contributed by atoms with van der Waals surface area (Å²) in [5.41, 5.74) is 5.87. The van der Waals surface area contributed by atoms with E-state index in [1.54, 1.807) is 0 Å². The van der Waals surface area contributed by atoms with E-state index in [1.165, 1.54) is 49.2 Å². The van der Waals surface area contributed by atoms with Crippen molar-refractivity contribution in [1.82, 2.24) is 8.68 Å². The van der Waals surface area contributed by atoms with Crippen molar-refractivity contribution in [1.29, 1.82) is 0 Å². The van der Waals surface area contributed by atoms with Gasteiger partial charge >= 0.3 is 0 Å². The van der Waals surface area contributed by atoms with Gasteiger partial charge in [-0.15, -0.1) is 0 Å². The number of nitrogens with two attached hydrogens (primary N) is 1. The monoisotopic (exact) mass is 330 g/mol. The Hall–Kier alpha value is -0.860. The first-order valence-electron chi connectivity index (χ1n) is 7.37. The summed E-state index contributed by atoms with van der Waals surface area (Å²) < 4.78 is 30.4. The topological polar surface area (TPSA) is 79.5 Å². The van der Waals surface area contributed by atoms with Gasteiger partial charge in [-0.1, -0.05) is 12.8 Å². The van der Waals surface area contributed by atoms with Crippen molar-refractivity contribution in [3.05, 3.63) is 0 Å². The van der Waals surface area contributed by atoms with Crippen molar-refractivity contribution in [3.8, 4) is 0 Å². The van der Waals surface area contributed by atoms with Crippen molar-refractivity contribution in [2.45, 2.75) is 43.0 Å². The Morgan fingerprint density at radius 2 is 2.00 bits per heavy atom. The molecule has 2 unspecified atom stereocenters. The Balaban J connectivity index is 2.01. The van der Waals surface area contributed by atoms with E-state index in [4.69, 9.17) is 5.73 Å². The van der Waals surface area contributed by atoms with Crippen LogP contribution in [0.2, 0.25) is 0 Å². The fourth-order valence-corrected chi connectivity index (χ4v) is 5.84. The molecular weight excluding hydrogens is 308 g/mol. The minimum atomic E-state index is -3.56. The van der Waals surface area contributed by atoms with Gasteiger partial charge in [0.15, 0.2) is 10.7 Å². The zero-order valence-corrected chi connectivity index (χ0v) is 14.1. The number of nitrogen functional groups attached to an aromatic ring is 1. The van der Waals surface area contributed by atoms with Crippen LogP contribution in [0.4, 0.5) is 10.8 Å². The highest BCUT2D eigenvalue weighted by atomic mass is 32.2. The van der Waals surface area contributed by atoms with Gasteiger partial charge in [0.05, 0.1) is 0 Å². The lowest BCUT2D eigenvalue weighted by atomic mass is 9.85. The van der Waals surface area contributed by atoms with Crippen molar-refractivity contribution < 1.29 is 8.42 Å². The van der Waals surface area contributed by atoms with E-state index in [1.807, 2.05) is 0 Å². The van der Waals surface area contributed by atoms with Crippen LogP contribution >= 0.6 is 11.5 Å². The molecule has 1 aromatic rings. The van der Waals surface area contributed by atoms with Crippen LogP contribution in [-0.2, 0) is 10.0 Å². The molecule has 2 atom stereocenters. The molecule has 1 aromatic heterocycles. The summed E-state index contributed by atoms with van der Waals surface area (Å²) in [6, 6.07) is 0.453. The Morgan fingerprint density at radius 3 is 2.71 bits per heavy atom. The Labute approximate surface area is 130 Å². The average Bonchev–Trinajstić information content (AvgIpc) is 3.01. The minimum Gasteiger partial charge on any atom is -0.382 e. The van der Waals surface area contributed by atoms with Gasteiger partial charge in [-0.2, -0.15) is 4.37 Å². The predicted molar refractivity (Wildman–Crippen MR) is 85.1 cm³/mol. The first kappa shape index (κ1) is 15.1. The fraction of sp³-hybridized carbons (Fsp3) is 0.769. The minimum absolute atomic E-state index is 0.128. The average molecular weight is 330 g/mol. The van der Waals surface area contributed by atoms with E-state index >= 15 is 0 Å². The molecule has 2 aliphatic rings. The summed E-state index contributed by atoms with van der Waals surface area (Å²) in [6.45, 7) is 0.910. The summed E-state index contributed by atoms with van der Waals surface area (Å²) in [4.78, 5) is 2.44. The van der Waals surface area contributed by atoms with Gasteiger partial charge in [0.25, 0.3) is 0 Å². The molecule has 118 valence electrons. The molecular formula is C13H22N4O2S2. The highest BCUT2D eigenvalue weighted by molar-refractivity contribution is 7.89. The maximum atomic E-state index is 12.5. The van der Waals surface area contributed by atoms with E-state index in [2.05, 4.69) is 9.27 Å². The van der Waals surface area contributed by atoms with E-state index in [0.29, 0.717) is 12.0 Å². The first-order valence-corrected chi connectivity index (χ1v) is 9.58. The standard InChI is InChI=1S/C13H22N4O2S2/c1-16(2)21(18,19)11-12(14)15-20-13(11)17-8-7-9-5-3-4-6-10(9)17/h9-10H,3-8H2,1-2H3,(H2,14,15). The molecule has 0 radical (unpaired) electrons. The SMILES string of the molecule is CN(C)S(=O)(=O)c1c(N)nsc1N1CCC2CCCCC21. The smallest absolute Gasteiger partial charge is 0.249 e. The second-order valence-corrected chi connectivity index (χ2v) is 8.92. The highest BCUT2D eigenvalue weighted by Crippen LogP contribution is 2.44. The number of nitrogens with zero attached hydrogens (tertiary/aromatic N) is 3. The second-order valence-electron chi connectivity index (χ2n) is 6.08. The van der Waals surface area contributed by atoms with Gasteiger partial charge in [0, 0.05) is 26.7 Å². The lowest BCUT2D eigenvalue weighted by Gasteiger charge is -2.32. The first-order chi connectivity index (χ1) is 9.93. The molecule has 1 saturated heterocycles. The molecule has 6 nitrogen and oxygen atoms in total. The molecule has 8 heteroatoms. The molecule has 0 aromatic carbocycles.